The summed E-state index contributed by atoms with van der Waals surface area (Å²) in [5, 5.41) is 11.3. The number of aromatic nitrogens is 2. The van der Waals surface area contributed by atoms with E-state index in [0.717, 1.165) is 24.0 Å². The van der Waals surface area contributed by atoms with Gasteiger partial charge < -0.3 is 4.57 Å². The molecule has 104 valence electrons. The van der Waals surface area contributed by atoms with Crippen LogP contribution in [0.5, 0.6) is 0 Å². The minimum Gasteiger partial charge on any atom is -0.310 e. The molecule has 1 heterocycles. The molecule has 0 radical (unpaired) electrons. The summed E-state index contributed by atoms with van der Waals surface area (Å²) in [4.78, 5) is 16.3. The van der Waals surface area contributed by atoms with Gasteiger partial charge in [-0.05, 0) is 18.6 Å². The number of para-hydroxylation sites is 2. The first-order chi connectivity index (χ1) is 9.76. The summed E-state index contributed by atoms with van der Waals surface area (Å²) < 4.78 is 2.02. The van der Waals surface area contributed by atoms with Crippen LogP contribution < -0.4 is 5.32 Å². The first-order valence-corrected chi connectivity index (χ1v) is 7.61. The number of thioether (sulfide) groups is 1. The van der Waals surface area contributed by atoms with Gasteiger partial charge in [-0.1, -0.05) is 19.1 Å². The standard InChI is InChI=1S/C14H16N4OS/c1-2-8-18-12-6-4-3-5-11(12)16-14(18)17-13(19)10-20-9-7-15/h3-6H,2,8-10H2,1H3,(H,16,17,19). The number of amides is 1. The number of rotatable bonds is 6. The Morgan fingerprint density at radius 2 is 2.30 bits per heavy atom. The zero-order valence-corrected chi connectivity index (χ0v) is 12.1. The lowest BCUT2D eigenvalue weighted by molar-refractivity contribution is -0.113. The topological polar surface area (TPSA) is 70.7 Å². The van der Waals surface area contributed by atoms with Crippen LogP contribution in [0, 0.1) is 11.3 Å². The fourth-order valence-corrected chi connectivity index (χ4v) is 2.42. The number of imidazole rings is 1. The Balaban J connectivity index is 2.18. The molecule has 5 nitrogen and oxygen atoms in total. The zero-order valence-electron chi connectivity index (χ0n) is 11.3. The lowest BCUT2D eigenvalue weighted by Crippen LogP contribution is -2.18. The molecule has 2 aromatic rings. The summed E-state index contributed by atoms with van der Waals surface area (Å²) in [5.41, 5.74) is 1.90. The number of nitriles is 1. The highest BCUT2D eigenvalue weighted by Gasteiger charge is 2.12. The molecule has 0 saturated heterocycles. The van der Waals surface area contributed by atoms with Crippen LogP contribution in [0.15, 0.2) is 24.3 Å². The number of carbonyl (C=O) groups is 1. The third-order valence-corrected chi connectivity index (χ3v) is 3.55. The van der Waals surface area contributed by atoms with Gasteiger partial charge in [0.2, 0.25) is 11.9 Å². The van der Waals surface area contributed by atoms with Crippen LogP contribution in [0.2, 0.25) is 0 Å². The van der Waals surface area contributed by atoms with E-state index >= 15 is 0 Å². The maximum absolute atomic E-state index is 11.8. The minimum atomic E-state index is -0.127. The van der Waals surface area contributed by atoms with Crippen molar-refractivity contribution >= 4 is 34.7 Å². The second-order valence-electron chi connectivity index (χ2n) is 4.27. The number of nitrogens with zero attached hydrogens (tertiary/aromatic N) is 3. The Morgan fingerprint density at radius 3 is 3.05 bits per heavy atom. The fraction of sp³-hybridized carbons (Fsp3) is 0.357. The molecule has 1 amide bonds. The molecule has 0 spiro atoms. The SMILES string of the molecule is CCCn1c(NC(=O)CSCC#N)nc2ccccc21. The molecule has 1 aromatic carbocycles. The van der Waals surface area contributed by atoms with Gasteiger partial charge in [0.25, 0.3) is 0 Å². The van der Waals surface area contributed by atoms with E-state index in [1.807, 2.05) is 34.9 Å². The second kappa shape index (κ2) is 6.96. The summed E-state index contributed by atoms with van der Waals surface area (Å²) in [7, 11) is 0. The van der Waals surface area contributed by atoms with Gasteiger partial charge in [-0.3, -0.25) is 10.1 Å². The van der Waals surface area contributed by atoms with E-state index in [1.54, 1.807) is 0 Å². The largest absolute Gasteiger partial charge is 0.310 e. The van der Waals surface area contributed by atoms with Gasteiger partial charge in [0.05, 0.1) is 28.6 Å². The number of hydrogen-bond acceptors (Lipinski definition) is 4. The van der Waals surface area contributed by atoms with Crippen LogP contribution >= 0.6 is 11.8 Å². The lowest BCUT2D eigenvalue weighted by Gasteiger charge is -2.08. The summed E-state index contributed by atoms with van der Waals surface area (Å²) in [6.45, 7) is 2.89. The van der Waals surface area contributed by atoms with E-state index in [9.17, 15) is 4.79 Å². The van der Waals surface area contributed by atoms with Gasteiger partial charge in [-0.15, -0.1) is 11.8 Å². The van der Waals surface area contributed by atoms with Crippen LogP contribution in [0.1, 0.15) is 13.3 Å². The molecule has 0 saturated carbocycles. The maximum Gasteiger partial charge on any atom is 0.236 e. The van der Waals surface area contributed by atoms with E-state index in [-0.39, 0.29) is 11.7 Å². The van der Waals surface area contributed by atoms with E-state index in [2.05, 4.69) is 17.2 Å². The van der Waals surface area contributed by atoms with Gasteiger partial charge in [0.1, 0.15) is 0 Å². The molecule has 1 aromatic heterocycles. The quantitative estimate of drug-likeness (QED) is 0.829. The number of nitrogens with one attached hydrogen (secondary N) is 1. The summed E-state index contributed by atoms with van der Waals surface area (Å²) >= 11 is 1.30. The van der Waals surface area contributed by atoms with Crippen molar-refractivity contribution in [3.05, 3.63) is 24.3 Å². The first-order valence-electron chi connectivity index (χ1n) is 6.46. The summed E-state index contributed by atoms with van der Waals surface area (Å²) in [6, 6.07) is 9.83. The third-order valence-electron chi connectivity index (χ3n) is 2.75. The minimum absolute atomic E-state index is 0.127. The Kier molecular flexibility index (Phi) is 5.02. The molecule has 0 atom stereocenters. The van der Waals surface area contributed by atoms with Crippen molar-refractivity contribution in [3.8, 4) is 6.07 Å². The van der Waals surface area contributed by atoms with Gasteiger partial charge >= 0.3 is 0 Å². The van der Waals surface area contributed by atoms with Crippen LogP contribution in [0.25, 0.3) is 11.0 Å². The number of benzene rings is 1. The van der Waals surface area contributed by atoms with E-state index in [0.29, 0.717) is 11.7 Å². The number of anilines is 1. The van der Waals surface area contributed by atoms with E-state index in [4.69, 9.17) is 5.26 Å². The highest BCUT2D eigenvalue weighted by molar-refractivity contribution is 8.00. The Bertz CT molecular complexity index is 644. The van der Waals surface area contributed by atoms with Crippen molar-refractivity contribution in [1.82, 2.24) is 9.55 Å². The Hall–Kier alpha value is -2.00. The van der Waals surface area contributed by atoms with Crippen LogP contribution in [0.3, 0.4) is 0 Å². The molecule has 6 heteroatoms. The Labute approximate surface area is 122 Å². The van der Waals surface area contributed by atoms with Crippen molar-refractivity contribution in [2.45, 2.75) is 19.9 Å². The predicted octanol–water partition coefficient (Wildman–Crippen LogP) is 2.64. The molecule has 0 aliphatic heterocycles. The van der Waals surface area contributed by atoms with Gasteiger partial charge in [-0.25, -0.2) is 4.98 Å². The predicted molar refractivity (Wildman–Crippen MR) is 81.6 cm³/mol. The van der Waals surface area contributed by atoms with Crippen molar-refractivity contribution in [2.24, 2.45) is 0 Å². The number of aryl methyl sites for hydroxylation is 1. The molecule has 0 aliphatic rings. The maximum atomic E-state index is 11.8. The first kappa shape index (κ1) is 14.4. The van der Waals surface area contributed by atoms with Crippen molar-refractivity contribution in [1.29, 1.82) is 5.26 Å². The molecule has 0 bridgehead atoms. The molecule has 2 rings (SSSR count). The molecular formula is C14H16N4OS. The third kappa shape index (κ3) is 3.31. The van der Waals surface area contributed by atoms with Gasteiger partial charge in [0, 0.05) is 6.54 Å². The van der Waals surface area contributed by atoms with Crippen LogP contribution in [-0.4, -0.2) is 27.0 Å². The zero-order chi connectivity index (χ0) is 14.4. The van der Waals surface area contributed by atoms with E-state index in [1.165, 1.54) is 11.8 Å². The smallest absolute Gasteiger partial charge is 0.236 e. The van der Waals surface area contributed by atoms with Crippen LogP contribution in [0.4, 0.5) is 5.95 Å². The number of hydrogen-bond donors (Lipinski definition) is 1. The molecule has 0 aliphatic carbocycles. The van der Waals surface area contributed by atoms with Crippen LogP contribution in [-0.2, 0) is 11.3 Å². The van der Waals surface area contributed by atoms with Gasteiger partial charge in [0.15, 0.2) is 0 Å². The van der Waals surface area contributed by atoms with Crippen molar-refractivity contribution < 1.29 is 4.79 Å². The van der Waals surface area contributed by atoms with Gasteiger partial charge in [-0.2, -0.15) is 5.26 Å². The van der Waals surface area contributed by atoms with Crippen molar-refractivity contribution in [3.63, 3.8) is 0 Å². The monoisotopic (exact) mass is 288 g/mol. The molecule has 0 fully saturated rings. The second-order valence-corrected chi connectivity index (χ2v) is 5.26. The molecular weight excluding hydrogens is 272 g/mol. The average Bonchev–Trinajstić information content (AvgIpc) is 2.78. The lowest BCUT2D eigenvalue weighted by atomic mass is 10.3. The Morgan fingerprint density at radius 1 is 1.50 bits per heavy atom. The molecule has 0 unspecified atom stereocenters. The fourth-order valence-electron chi connectivity index (χ4n) is 1.97. The molecule has 1 N–H and O–H groups in total. The van der Waals surface area contributed by atoms with E-state index < -0.39 is 0 Å². The summed E-state index contributed by atoms with van der Waals surface area (Å²) in [5.74, 6) is 1.04. The average molecular weight is 288 g/mol. The van der Waals surface area contributed by atoms with Crippen molar-refractivity contribution in [2.75, 3.05) is 16.8 Å². The normalized spacial score (nSPS) is 10.4. The molecule has 20 heavy (non-hydrogen) atoms. The number of carbonyl (C=O) groups excluding carboxylic acids is 1. The highest BCUT2D eigenvalue weighted by atomic mass is 32.2. The number of fused-ring (bicyclic) bond motifs is 1. The highest BCUT2D eigenvalue weighted by Crippen LogP contribution is 2.20. The summed E-state index contributed by atoms with van der Waals surface area (Å²) in [6.07, 6.45) is 0.965.